The van der Waals surface area contributed by atoms with Gasteiger partial charge in [-0.15, -0.1) is 0 Å². The molecule has 3 rings (SSSR count). The lowest BCUT2D eigenvalue weighted by atomic mass is 10.2. The molecule has 11 heteroatoms. The van der Waals surface area contributed by atoms with Crippen LogP contribution in [0.4, 0.5) is 26.2 Å². The maximum Gasteiger partial charge on any atom is 0.412 e. The number of hydrogen-bond donors (Lipinski definition) is 3. The van der Waals surface area contributed by atoms with Gasteiger partial charge in [-0.3, -0.25) is 10.1 Å². The molecule has 0 aliphatic rings. The van der Waals surface area contributed by atoms with Crippen molar-refractivity contribution >= 4 is 29.1 Å². The van der Waals surface area contributed by atoms with E-state index in [4.69, 9.17) is 9.26 Å². The van der Waals surface area contributed by atoms with E-state index >= 15 is 0 Å². The van der Waals surface area contributed by atoms with Crippen LogP contribution in [0.25, 0.3) is 0 Å². The van der Waals surface area contributed by atoms with Gasteiger partial charge in [-0.2, -0.15) is 10.2 Å². The molecule has 2 amide bonds. The van der Waals surface area contributed by atoms with Crippen molar-refractivity contribution in [3.05, 3.63) is 60.0 Å². The van der Waals surface area contributed by atoms with Crippen LogP contribution in [0.5, 0.6) is 0 Å². The number of aromatic nitrogens is 3. The summed E-state index contributed by atoms with van der Waals surface area (Å²) in [4.78, 5) is 24.7. The van der Waals surface area contributed by atoms with Gasteiger partial charge < -0.3 is 19.9 Å². The van der Waals surface area contributed by atoms with Crippen molar-refractivity contribution in [2.45, 2.75) is 32.9 Å². The summed E-state index contributed by atoms with van der Waals surface area (Å²) in [7, 11) is 0. The Morgan fingerprint density at radius 1 is 1.13 bits per heavy atom. The standard InChI is InChI=1S/C20H21FN6O4/c1-20(2,3)31-19(29)25-15-11-30-27-17(15)18(28)24-14-8-4-7-13(21)16(14)22-10-12-6-5-9-23-26-12/h4-9,11,22H,10H2,1-3H3,(H,24,28)(H,25,29). The molecule has 0 radical (unpaired) electrons. The normalized spacial score (nSPS) is 11.0. The smallest absolute Gasteiger partial charge is 0.412 e. The summed E-state index contributed by atoms with van der Waals surface area (Å²) in [5, 5.41) is 19.2. The van der Waals surface area contributed by atoms with Gasteiger partial charge in [0.15, 0.2) is 5.69 Å². The first-order chi connectivity index (χ1) is 14.7. The van der Waals surface area contributed by atoms with E-state index in [2.05, 4.69) is 31.3 Å². The van der Waals surface area contributed by atoms with E-state index in [1.807, 2.05) is 0 Å². The molecule has 0 fully saturated rings. The molecule has 0 saturated heterocycles. The van der Waals surface area contributed by atoms with Crippen molar-refractivity contribution in [1.82, 2.24) is 15.4 Å². The highest BCUT2D eigenvalue weighted by molar-refractivity contribution is 6.09. The lowest BCUT2D eigenvalue weighted by molar-refractivity contribution is 0.0635. The van der Waals surface area contributed by atoms with E-state index in [1.165, 1.54) is 24.4 Å². The molecule has 0 spiro atoms. The quantitative estimate of drug-likeness (QED) is 0.540. The van der Waals surface area contributed by atoms with Crippen molar-refractivity contribution in [3.63, 3.8) is 0 Å². The third kappa shape index (κ3) is 5.98. The van der Waals surface area contributed by atoms with Crippen molar-refractivity contribution in [3.8, 4) is 0 Å². The lowest BCUT2D eigenvalue weighted by Crippen LogP contribution is -2.28. The fraction of sp³-hybridized carbons (Fsp3) is 0.250. The number of nitrogens with zero attached hydrogens (tertiary/aromatic N) is 3. The van der Waals surface area contributed by atoms with Crippen LogP contribution in [0.2, 0.25) is 0 Å². The topological polar surface area (TPSA) is 131 Å². The first-order valence-corrected chi connectivity index (χ1v) is 9.27. The first kappa shape index (κ1) is 21.7. The van der Waals surface area contributed by atoms with Crippen LogP contribution in [0.1, 0.15) is 37.0 Å². The highest BCUT2D eigenvalue weighted by Gasteiger charge is 2.23. The van der Waals surface area contributed by atoms with Gasteiger partial charge in [0.05, 0.1) is 23.6 Å². The van der Waals surface area contributed by atoms with E-state index in [0.717, 1.165) is 6.26 Å². The molecular formula is C20H21FN6O4. The Kier molecular flexibility index (Phi) is 6.43. The monoisotopic (exact) mass is 428 g/mol. The largest absolute Gasteiger partial charge is 0.444 e. The molecule has 0 unspecified atom stereocenters. The summed E-state index contributed by atoms with van der Waals surface area (Å²) in [5.74, 6) is -1.29. The second-order valence-electron chi connectivity index (χ2n) is 7.39. The predicted molar refractivity (Wildman–Crippen MR) is 110 cm³/mol. The minimum Gasteiger partial charge on any atom is -0.444 e. The number of nitrogens with one attached hydrogen (secondary N) is 3. The number of benzene rings is 1. The van der Waals surface area contributed by atoms with Gasteiger partial charge in [0, 0.05) is 6.20 Å². The molecule has 0 saturated carbocycles. The zero-order valence-corrected chi connectivity index (χ0v) is 17.1. The lowest BCUT2D eigenvalue weighted by Gasteiger charge is -2.19. The summed E-state index contributed by atoms with van der Waals surface area (Å²) in [6.45, 7) is 5.29. The number of carbonyl (C=O) groups is 2. The van der Waals surface area contributed by atoms with Gasteiger partial charge in [-0.1, -0.05) is 11.2 Å². The van der Waals surface area contributed by atoms with Gasteiger partial charge in [-0.25, -0.2) is 9.18 Å². The van der Waals surface area contributed by atoms with Crippen LogP contribution in [0.3, 0.4) is 0 Å². The van der Waals surface area contributed by atoms with Crippen LogP contribution < -0.4 is 16.0 Å². The molecule has 2 aromatic heterocycles. The Balaban J connectivity index is 1.73. The van der Waals surface area contributed by atoms with E-state index in [-0.39, 0.29) is 29.3 Å². The van der Waals surface area contributed by atoms with Crippen molar-refractivity contribution < 1.29 is 23.2 Å². The van der Waals surface area contributed by atoms with Gasteiger partial charge in [-0.05, 0) is 45.0 Å². The van der Waals surface area contributed by atoms with Crippen LogP contribution in [-0.2, 0) is 11.3 Å². The molecule has 0 aliphatic heterocycles. The molecule has 1 aromatic carbocycles. The average Bonchev–Trinajstić information content (AvgIpc) is 3.15. The fourth-order valence-corrected chi connectivity index (χ4v) is 2.50. The van der Waals surface area contributed by atoms with Crippen molar-refractivity contribution in [2.75, 3.05) is 16.0 Å². The molecular weight excluding hydrogens is 407 g/mol. The Hall–Kier alpha value is -4.02. The Bertz CT molecular complexity index is 1070. The Morgan fingerprint density at radius 3 is 2.65 bits per heavy atom. The predicted octanol–water partition coefficient (Wildman–Crippen LogP) is 3.82. The third-order valence-corrected chi connectivity index (χ3v) is 3.76. The number of halogens is 1. The summed E-state index contributed by atoms with van der Waals surface area (Å²) >= 11 is 0. The number of carbonyl (C=O) groups excluding carboxylic acids is 2. The Morgan fingerprint density at radius 2 is 1.94 bits per heavy atom. The SMILES string of the molecule is CC(C)(C)OC(=O)Nc1conc1C(=O)Nc1cccc(F)c1NCc1cccnn1. The second kappa shape index (κ2) is 9.20. The second-order valence-corrected chi connectivity index (χ2v) is 7.39. The average molecular weight is 428 g/mol. The number of anilines is 3. The maximum absolute atomic E-state index is 14.4. The third-order valence-electron chi connectivity index (χ3n) is 3.76. The molecule has 0 bridgehead atoms. The molecule has 2 heterocycles. The number of para-hydroxylation sites is 1. The summed E-state index contributed by atoms with van der Waals surface area (Å²) < 4.78 is 24.4. The molecule has 162 valence electrons. The number of ether oxygens (including phenoxy) is 1. The zero-order valence-electron chi connectivity index (χ0n) is 17.1. The van der Waals surface area contributed by atoms with Gasteiger partial charge >= 0.3 is 6.09 Å². The van der Waals surface area contributed by atoms with E-state index < -0.39 is 23.4 Å². The zero-order chi connectivity index (χ0) is 22.4. The number of rotatable bonds is 6. The van der Waals surface area contributed by atoms with Gasteiger partial charge in [0.2, 0.25) is 0 Å². The number of amides is 2. The van der Waals surface area contributed by atoms with Gasteiger partial charge in [0.25, 0.3) is 5.91 Å². The van der Waals surface area contributed by atoms with E-state index in [0.29, 0.717) is 5.69 Å². The van der Waals surface area contributed by atoms with E-state index in [1.54, 1.807) is 32.9 Å². The maximum atomic E-state index is 14.4. The summed E-state index contributed by atoms with van der Waals surface area (Å²) in [6.07, 6.45) is 1.85. The summed E-state index contributed by atoms with van der Waals surface area (Å²) in [6, 6.07) is 7.64. The van der Waals surface area contributed by atoms with E-state index in [9.17, 15) is 14.0 Å². The highest BCUT2D eigenvalue weighted by Crippen LogP contribution is 2.27. The fourth-order valence-electron chi connectivity index (χ4n) is 2.50. The minimum atomic E-state index is -0.776. The molecule has 10 nitrogen and oxygen atoms in total. The minimum absolute atomic E-state index is 0.0113. The first-order valence-electron chi connectivity index (χ1n) is 9.27. The molecule has 3 aromatic rings. The van der Waals surface area contributed by atoms with Crippen molar-refractivity contribution in [2.24, 2.45) is 0 Å². The van der Waals surface area contributed by atoms with Crippen LogP contribution in [-0.4, -0.2) is 33.0 Å². The van der Waals surface area contributed by atoms with Crippen LogP contribution in [0.15, 0.2) is 47.3 Å². The van der Waals surface area contributed by atoms with Crippen LogP contribution in [0, 0.1) is 5.82 Å². The molecule has 3 N–H and O–H groups in total. The summed E-state index contributed by atoms with van der Waals surface area (Å²) in [5.41, 5.74) is -0.100. The highest BCUT2D eigenvalue weighted by atomic mass is 19.1. The van der Waals surface area contributed by atoms with Crippen LogP contribution >= 0.6 is 0 Å². The van der Waals surface area contributed by atoms with Crippen molar-refractivity contribution in [1.29, 1.82) is 0 Å². The van der Waals surface area contributed by atoms with Gasteiger partial charge in [0.1, 0.15) is 23.4 Å². The Labute approximate surface area is 177 Å². The number of hydrogen-bond acceptors (Lipinski definition) is 8. The molecule has 31 heavy (non-hydrogen) atoms. The molecule has 0 atom stereocenters. The molecule has 0 aliphatic carbocycles.